The third-order valence-electron chi connectivity index (χ3n) is 3.92. The van der Waals surface area contributed by atoms with Gasteiger partial charge in [-0.3, -0.25) is 0 Å². The Hall–Kier alpha value is -0.0800. The lowest BCUT2D eigenvalue weighted by atomic mass is 10.1. The van der Waals surface area contributed by atoms with Crippen LogP contribution in [0.1, 0.15) is 45.4 Å². The molecule has 1 heterocycles. The van der Waals surface area contributed by atoms with Crippen molar-refractivity contribution in [3.8, 4) is 0 Å². The fourth-order valence-electron chi connectivity index (χ4n) is 2.50. The van der Waals surface area contributed by atoms with Crippen LogP contribution in [0.25, 0.3) is 0 Å². The van der Waals surface area contributed by atoms with Gasteiger partial charge in [0.05, 0.1) is 0 Å². The second-order valence-corrected chi connectivity index (χ2v) is 5.28. The normalized spacial score (nSPS) is 29.8. The molecule has 1 aliphatic carbocycles. The van der Waals surface area contributed by atoms with Gasteiger partial charge in [0.25, 0.3) is 0 Å². The van der Waals surface area contributed by atoms with Crippen molar-refractivity contribution < 1.29 is 0 Å². The van der Waals surface area contributed by atoms with Crippen molar-refractivity contribution in [2.45, 2.75) is 51.5 Å². The first kappa shape index (κ1) is 11.4. The van der Waals surface area contributed by atoms with Gasteiger partial charge in [-0.15, -0.1) is 0 Å². The van der Waals surface area contributed by atoms with Gasteiger partial charge in [-0.05, 0) is 57.8 Å². The van der Waals surface area contributed by atoms with Gasteiger partial charge in [-0.25, -0.2) is 0 Å². The molecule has 0 aromatic rings. The van der Waals surface area contributed by atoms with Crippen LogP contribution in [0.15, 0.2) is 0 Å². The summed E-state index contributed by atoms with van der Waals surface area (Å²) >= 11 is 0. The van der Waals surface area contributed by atoms with E-state index in [0.29, 0.717) is 0 Å². The maximum Gasteiger partial charge on any atom is 0.00766 e. The van der Waals surface area contributed by atoms with E-state index < -0.39 is 0 Å². The summed E-state index contributed by atoms with van der Waals surface area (Å²) in [6.07, 6.45) is 8.45. The molecule has 1 unspecified atom stereocenters. The van der Waals surface area contributed by atoms with Crippen LogP contribution in [0.2, 0.25) is 0 Å². The van der Waals surface area contributed by atoms with E-state index in [2.05, 4.69) is 17.1 Å². The highest BCUT2D eigenvalue weighted by atomic mass is 15.1. The Balaban J connectivity index is 1.67. The molecule has 0 aromatic heterocycles. The second-order valence-electron chi connectivity index (χ2n) is 5.28. The lowest BCUT2D eigenvalue weighted by Gasteiger charge is -2.28. The van der Waals surface area contributed by atoms with E-state index in [-0.39, 0.29) is 0 Å². The smallest absolute Gasteiger partial charge is 0.00766 e. The molecule has 15 heavy (non-hydrogen) atoms. The van der Waals surface area contributed by atoms with Crippen molar-refractivity contribution in [1.82, 2.24) is 10.2 Å². The number of nitrogens with one attached hydrogen (secondary N) is 1. The maximum atomic E-state index is 3.64. The van der Waals surface area contributed by atoms with Crippen molar-refractivity contribution in [3.05, 3.63) is 0 Å². The van der Waals surface area contributed by atoms with E-state index in [1.165, 1.54) is 64.7 Å². The van der Waals surface area contributed by atoms with Gasteiger partial charge in [-0.2, -0.15) is 0 Å². The molecule has 2 heteroatoms. The van der Waals surface area contributed by atoms with E-state index in [4.69, 9.17) is 0 Å². The molecule has 0 amide bonds. The van der Waals surface area contributed by atoms with Gasteiger partial charge in [-0.1, -0.05) is 19.8 Å². The van der Waals surface area contributed by atoms with Crippen molar-refractivity contribution in [3.63, 3.8) is 0 Å². The van der Waals surface area contributed by atoms with Gasteiger partial charge in [0, 0.05) is 6.04 Å². The quantitative estimate of drug-likeness (QED) is 0.765. The zero-order valence-corrected chi connectivity index (χ0v) is 10.2. The average Bonchev–Trinajstić information content (AvgIpc) is 3.01. The molecule has 0 radical (unpaired) electrons. The second kappa shape index (κ2) is 5.86. The largest absolute Gasteiger partial charge is 0.314 e. The highest BCUT2D eigenvalue weighted by molar-refractivity contribution is 4.77. The molecule has 2 nitrogen and oxygen atoms in total. The minimum atomic E-state index is 0.772. The SMILES string of the molecule is CCC1CCN(CCC2CC2)CCCN1. The molecule has 2 aliphatic rings. The van der Waals surface area contributed by atoms with Crippen LogP contribution in [0.5, 0.6) is 0 Å². The first-order valence-corrected chi connectivity index (χ1v) is 6.84. The Labute approximate surface area is 94.4 Å². The summed E-state index contributed by atoms with van der Waals surface area (Å²) in [5, 5.41) is 3.64. The van der Waals surface area contributed by atoms with Gasteiger partial charge in [0.1, 0.15) is 0 Å². The Morgan fingerprint density at radius 3 is 2.80 bits per heavy atom. The minimum absolute atomic E-state index is 0.772. The third-order valence-corrected chi connectivity index (χ3v) is 3.92. The molecule has 0 bridgehead atoms. The molecular weight excluding hydrogens is 184 g/mol. The van der Waals surface area contributed by atoms with Gasteiger partial charge in [0.15, 0.2) is 0 Å². The van der Waals surface area contributed by atoms with E-state index in [9.17, 15) is 0 Å². The van der Waals surface area contributed by atoms with Crippen LogP contribution in [-0.2, 0) is 0 Å². The number of nitrogens with zero attached hydrogens (tertiary/aromatic N) is 1. The third kappa shape index (κ3) is 4.12. The monoisotopic (exact) mass is 210 g/mol. The van der Waals surface area contributed by atoms with Crippen molar-refractivity contribution in [2.24, 2.45) is 5.92 Å². The summed E-state index contributed by atoms with van der Waals surface area (Å²) in [5.74, 6) is 1.09. The van der Waals surface area contributed by atoms with E-state index in [1.54, 1.807) is 0 Å². The van der Waals surface area contributed by atoms with Crippen molar-refractivity contribution >= 4 is 0 Å². The molecule has 1 aliphatic heterocycles. The van der Waals surface area contributed by atoms with Crippen molar-refractivity contribution in [2.75, 3.05) is 26.2 Å². The number of hydrogen-bond acceptors (Lipinski definition) is 2. The molecule has 2 fully saturated rings. The van der Waals surface area contributed by atoms with E-state index in [1.807, 2.05) is 0 Å². The van der Waals surface area contributed by atoms with E-state index >= 15 is 0 Å². The first-order chi connectivity index (χ1) is 7.38. The summed E-state index contributed by atoms with van der Waals surface area (Å²) in [7, 11) is 0. The molecule has 1 saturated heterocycles. The molecular formula is C13H26N2. The first-order valence-electron chi connectivity index (χ1n) is 6.84. The molecule has 1 atom stereocenters. The number of hydrogen-bond donors (Lipinski definition) is 1. The molecule has 88 valence electrons. The Bertz CT molecular complexity index is 177. The minimum Gasteiger partial charge on any atom is -0.314 e. The summed E-state index contributed by atoms with van der Waals surface area (Å²) in [6, 6.07) is 0.772. The lowest BCUT2D eigenvalue weighted by Crippen LogP contribution is -2.39. The summed E-state index contributed by atoms with van der Waals surface area (Å²) in [5.41, 5.74) is 0. The van der Waals surface area contributed by atoms with Gasteiger partial charge < -0.3 is 10.2 Å². The highest BCUT2D eigenvalue weighted by Gasteiger charge is 2.22. The predicted octanol–water partition coefficient (Wildman–Crippen LogP) is 2.25. The van der Waals surface area contributed by atoms with Crippen LogP contribution in [0.4, 0.5) is 0 Å². The zero-order chi connectivity index (χ0) is 10.5. The standard InChI is InChI=1S/C13H26N2/c1-2-13-7-11-15(9-3-8-14-13)10-6-12-4-5-12/h12-14H,2-11H2,1H3. The lowest BCUT2D eigenvalue weighted by molar-refractivity contribution is 0.226. The zero-order valence-electron chi connectivity index (χ0n) is 10.2. The fourth-order valence-corrected chi connectivity index (χ4v) is 2.50. The molecule has 1 N–H and O–H groups in total. The van der Waals surface area contributed by atoms with Gasteiger partial charge in [0.2, 0.25) is 0 Å². The van der Waals surface area contributed by atoms with Crippen LogP contribution in [0.3, 0.4) is 0 Å². The summed E-state index contributed by atoms with van der Waals surface area (Å²) in [6.45, 7) is 7.52. The molecule has 1 saturated carbocycles. The van der Waals surface area contributed by atoms with Crippen molar-refractivity contribution in [1.29, 1.82) is 0 Å². The molecule has 2 rings (SSSR count). The molecule has 0 spiro atoms. The van der Waals surface area contributed by atoms with Gasteiger partial charge >= 0.3 is 0 Å². The van der Waals surface area contributed by atoms with E-state index in [0.717, 1.165) is 12.0 Å². The number of rotatable bonds is 4. The summed E-state index contributed by atoms with van der Waals surface area (Å²) in [4.78, 5) is 2.70. The van der Waals surface area contributed by atoms with Crippen LogP contribution in [0, 0.1) is 5.92 Å². The molecule has 0 aromatic carbocycles. The Kier molecular flexibility index (Phi) is 4.45. The maximum absolute atomic E-state index is 3.64. The van der Waals surface area contributed by atoms with Crippen LogP contribution in [-0.4, -0.2) is 37.1 Å². The van der Waals surface area contributed by atoms with Crippen LogP contribution < -0.4 is 5.32 Å². The average molecular weight is 210 g/mol. The Morgan fingerprint density at radius 1 is 1.20 bits per heavy atom. The van der Waals surface area contributed by atoms with Crippen LogP contribution >= 0.6 is 0 Å². The summed E-state index contributed by atoms with van der Waals surface area (Å²) < 4.78 is 0. The highest BCUT2D eigenvalue weighted by Crippen LogP contribution is 2.32. The predicted molar refractivity (Wildman–Crippen MR) is 65.1 cm³/mol. The Morgan fingerprint density at radius 2 is 2.07 bits per heavy atom. The topological polar surface area (TPSA) is 15.3 Å². The fraction of sp³-hybridized carbons (Fsp3) is 1.00.